The van der Waals surface area contributed by atoms with Gasteiger partial charge in [0.15, 0.2) is 0 Å². The summed E-state index contributed by atoms with van der Waals surface area (Å²) in [5, 5.41) is 18.2. The highest BCUT2D eigenvalue weighted by Gasteiger charge is 2.53. The van der Waals surface area contributed by atoms with Gasteiger partial charge in [-0.2, -0.15) is 5.26 Å². The molecule has 11 heteroatoms. The Morgan fingerprint density at radius 3 is 2.39 bits per heavy atom. The number of benzene rings is 1. The van der Waals surface area contributed by atoms with Gasteiger partial charge in [-0.3, -0.25) is 24.2 Å². The summed E-state index contributed by atoms with van der Waals surface area (Å²) < 4.78 is 0. The van der Waals surface area contributed by atoms with E-state index in [4.69, 9.17) is 0 Å². The Hall–Kier alpha value is -3.39. The summed E-state index contributed by atoms with van der Waals surface area (Å²) >= 11 is 1.67. The van der Waals surface area contributed by atoms with Crippen molar-refractivity contribution in [3.63, 3.8) is 0 Å². The van der Waals surface area contributed by atoms with Gasteiger partial charge in [0.2, 0.25) is 23.6 Å². The van der Waals surface area contributed by atoms with E-state index in [1.807, 2.05) is 50.6 Å². The van der Waals surface area contributed by atoms with Crippen LogP contribution in [0.5, 0.6) is 0 Å². The van der Waals surface area contributed by atoms with Crippen molar-refractivity contribution in [3.8, 4) is 6.07 Å². The Balaban J connectivity index is 1.50. The van der Waals surface area contributed by atoms with Crippen molar-refractivity contribution in [2.45, 2.75) is 89.2 Å². The van der Waals surface area contributed by atoms with E-state index in [0.717, 1.165) is 11.1 Å². The molecule has 3 aliphatic rings. The molecule has 10 nitrogen and oxygen atoms in total. The van der Waals surface area contributed by atoms with E-state index in [0.29, 0.717) is 32.2 Å². The van der Waals surface area contributed by atoms with Gasteiger partial charge in [0.1, 0.15) is 17.5 Å². The predicted molar refractivity (Wildman–Crippen MR) is 158 cm³/mol. The van der Waals surface area contributed by atoms with Gasteiger partial charge in [-0.15, -0.1) is 11.8 Å². The molecule has 0 aromatic heterocycles. The minimum atomic E-state index is -1.06. The molecule has 1 aromatic rings. The van der Waals surface area contributed by atoms with Crippen LogP contribution in [-0.2, 0) is 19.2 Å². The molecule has 41 heavy (non-hydrogen) atoms. The van der Waals surface area contributed by atoms with Crippen LogP contribution in [0.2, 0.25) is 0 Å². The highest BCUT2D eigenvalue weighted by molar-refractivity contribution is 8.12. The molecule has 4 amide bonds. The third-order valence-electron chi connectivity index (χ3n) is 8.22. The van der Waals surface area contributed by atoms with Crippen molar-refractivity contribution in [1.82, 2.24) is 20.9 Å². The first-order valence-corrected chi connectivity index (χ1v) is 15.1. The van der Waals surface area contributed by atoms with Gasteiger partial charge < -0.3 is 20.9 Å². The van der Waals surface area contributed by atoms with Crippen LogP contribution in [-0.4, -0.2) is 65.8 Å². The lowest BCUT2D eigenvalue weighted by Gasteiger charge is -2.36. The highest BCUT2D eigenvalue weighted by atomic mass is 32.2. The number of carbonyl (C=O) groups is 4. The first-order valence-electron chi connectivity index (χ1n) is 14.2. The summed E-state index contributed by atoms with van der Waals surface area (Å²) in [6.07, 6.45) is 2.14. The zero-order valence-corrected chi connectivity index (χ0v) is 25.2. The fourth-order valence-electron chi connectivity index (χ4n) is 5.37. The molecule has 0 spiro atoms. The average molecular weight is 581 g/mol. The van der Waals surface area contributed by atoms with Crippen molar-refractivity contribution in [1.29, 1.82) is 5.26 Å². The summed E-state index contributed by atoms with van der Waals surface area (Å²) in [5.74, 6) is -1.32. The van der Waals surface area contributed by atoms with Gasteiger partial charge in [-0.1, -0.05) is 45.0 Å². The standard InChI is InChI=1S/C30H40N6O4S/c1-18-24(41-17-33-18)20-10-8-19(9-11-20)21(15-23(37)32-5)34-26(38)22-7-6-14-36(22)27(39)25(29(2,3)4)35-28(40)30(16-31)12-13-30/h8-11,17-18,21-22,24-25H,6-7,12-15H2,1-5H3,(H,32,37)(H,34,38)(H,35,40)/t18?,21-,22-,24?,25+/m0/s1. The number of nitrogens with zero attached hydrogens (tertiary/aromatic N) is 3. The molecule has 0 bridgehead atoms. The lowest BCUT2D eigenvalue weighted by molar-refractivity contribution is -0.144. The number of likely N-dealkylation sites (tertiary alicyclic amines) is 1. The van der Waals surface area contributed by atoms with E-state index >= 15 is 0 Å². The SMILES string of the molecule is CNC(=O)C[C@H](NC(=O)[C@@H]1CCCN1C(=O)[C@@H](NC(=O)C1(C#N)CC1)C(C)(C)C)c1ccc(C2SC=NC2C)cc1. The third-order valence-corrected chi connectivity index (χ3v) is 9.42. The molecule has 1 saturated heterocycles. The molecule has 2 heterocycles. The van der Waals surface area contributed by atoms with E-state index in [9.17, 15) is 24.4 Å². The highest BCUT2D eigenvalue weighted by Crippen LogP contribution is 2.45. The van der Waals surface area contributed by atoms with Crippen LogP contribution in [0, 0.1) is 22.2 Å². The van der Waals surface area contributed by atoms with Crippen molar-refractivity contribution >= 4 is 40.9 Å². The minimum Gasteiger partial charge on any atom is -0.359 e. The maximum absolute atomic E-state index is 13.8. The Kier molecular flexibility index (Phi) is 9.12. The number of rotatable bonds is 9. The van der Waals surface area contributed by atoms with Gasteiger partial charge in [-0.05, 0) is 49.1 Å². The van der Waals surface area contributed by atoms with Crippen LogP contribution in [0.25, 0.3) is 0 Å². The van der Waals surface area contributed by atoms with Crippen LogP contribution < -0.4 is 16.0 Å². The largest absolute Gasteiger partial charge is 0.359 e. The van der Waals surface area contributed by atoms with Crippen LogP contribution >= 0.6 is 11.8 Å². The summed E-state index contributed by atoms with van der Waals surface area (Å²) in [5.41, 5.74) is 2.10. The van der Waals surface area contributed by atoms with Gasteiger partial charge in [0.25, 0.3) is 0 Å². The maximum atomic E-state index is 13.8. The van der Waals surface area contributed by atoms with Gasteiger partial charge in [0.05, 0.1) is 35.4 Å². The van der Waals surface area contributed by atoms with Crippen molar-refractivity contribution < 1.29 is 19.2 Å². The second-order valence-corrected chi connectivity index (χ2v) is 13.3. The molecule has 1 aromatic carbocycles. The van der Waals surface area contributed by atoms with Crippen molar-refractivity contribution in [3.05, 3.63) is 35.4 Å². The molecule has 2 unspecified atom stereocenters. The first kappa shape index (κ1) is 30.6. The molecule has 2 aliphatic heterocycles. The van der Waals surface area contributed by atoms with E-state index in [-0.39, 0.29) is 35.4 Å². The zero-order chi connectivity index (χ0) is 29.9. The summed E-state index contributed by atoms with van der Waals surface area (Å²) in [4.78, 5) is 58.7. The monoisotopic (exact) mass is 580 g/mol. The van der Waals surface area contributed by atoms with Gasteiger partial charge >= 0.3 is 0 Å². The van der Waals surface area contributed by atoms with Crippen LogP contribution in [0.15, 0.2) is 29.3 Å². The number of hydrogen-bond donors (Lipinski definition) is 3. The molecule has 0 radical (unpaired) electrons. The summed E-state index contributed by atoms with van der Waals surface area (Å²) in [6, 6.07) is 7.95. The molecule has 2 fully saturated rings. The molecule has 220 valence electrons. The molecule has 1 aliphatic carbocycles. The number of aliphatic imine (C=N–C) groups is 1. The third kappa shape index (κ3) is 6.75. The van der Waals surface area contributed by atoms with Crippen LogP contribution in [0.3, 0.4) is 0 Å². The molecular formula is C30H40N6O4S. The second-order valence-electron chi connectivity index (χ2n) is 12.3. The lowest BCUT2D eigenvalue weighted by Crippen LogP contribution is -2.58. The fraction of sp³-hybridized carbons (Fsp3) is 0.600. The molecule has 3 N–H and O–H groups in total. The number of carbonyl (C=O) groups excluding carboxylic acids is 4. The second kappa shape index (κ2) is 12.2. The number of nitrogens with one attached hydrogen (secondary N) is 3. The summed E-state index contributed by atoms with van der Waals surface area (Å²) in [6.45, 7) is 8.02. The molecular weight excluding hydrogens is 540 g/mol. The number of nitriles is 1. The number of amides is 4. The van der Waals surface area contributed by atoms with E-state index < -0.39 is 34.9 Å². The number of hydrogen-bond acceptors (Lipinski definition) is 7. The molecule has 5 atom stereocenters. The van der Waals surface area contributed by atoms with E-state index in [1.165, 1.54) is 4.90 Å². The lowest BCUT2D eigenvalue weighted by atomic mass is 9.85. The van der Waals surface area contributed by atoms with Gasteiger partial charge in [-0.25, -0.2) is 0 Å². The molecule has 1 saturated carbocycles. The predicted octanol–water partition coefficient (Wildman–Crippen LogP) is 3.01. The topological polar surface area (TPSA) is 144 Å². The Morgan fingerprint density at radius 1 is 1.17 bits per heavy atom. The van der Waals surface area contributed by atoms with Crippen molar-refractivity contribution in [2.75, 3.05) is 13.6 Å². The zero-order valence-electron chi connectivity index (χ0n) is 24.4. The number of thioether (sulfide) groups is 1. The first-order chi connectivity index (χ1) is 19.4. The van der Waals surface area contributed by atoms with Crippen LogP contribution in [0.1, 0.15) is 82.2 Å². The normalized spacial score (nSPS) is 24.2. The van der Waals surface area contributed by atoms with E-state index in [1.54, 1.807) is 18.8 Å². The molecule has 4 rings (SSSR count). The van der Waals surface area contributed by atoms with Crippen LogP contribution in [0.4, 0.5) is 0 Å². The van der Waals surface area contributed by atoms with E-state index in [2.05, 4.69) is 33.9 Å². The Bertz CT molecular complexity index is 1250. The van der Waals surface area contributed by atoms with Crippen molar-refractivity contribution in [2.24, 2.45) is 15.8 Å². The minimum absolute atomic E-state index is 0.0524. The Morgan fingerprint density at radius 2 is 1.85 bits per heavy atom. The Labute approximate surface area is 246 Å². The maximum Gasteiger partial charge on any atom is 0.246 e. The smallest absolute Gasteiger partial charge is 0.246 e. The average Bonchev–Trinajstić information content (AvgIpc) is 3.37. The van der Waals surface area contributed by atoms with Gasteiger partial charge in [0, 0.05) is 13.6 Å². The fourth-order valence-corrected chi connectivity index (χ4v) is 6.38. The summed E-state index contributed by atoms with van der Waals surface area (Å²) in [7, 11) is 1.55. The quantitative estimate of drug-likeness (QED) is 0.410.